The number of hydrazone groups is 1. The van der Waals surface area contributed by atoms with Crippen LogP contribution in [-0.4, -0.2) is 42.1 Å². The molecule has 0 aromatic heterocycles. The molecule has 2 aromatic carbocycles. The van der Waals surface area contributed by atoms with E-state index in [1.165, 1.54) is 37.4 Å². The number of amides is 1. The Labute approximate surface area is 195 Å². The topological polar surface area (TPSA) is 88.4 Å². The van der Waals surface area contributed by atoms with Crippen molar-refractivity contribution in [2.24, 2.45) is 5.10 Å². The van der Waals surface area contributed by atoms with Gasteiger partial charge >= 0.3 is 12.1 Å². The Bertz CT molecular complexity index is 1180. The van der Waals surface area contributed by atoms with Crippen LogP contribution in [0.2, 0.25) is 0 Å². The van der Waals surface area contributed by atoms with Crippen LogP contribution in [0.5, 0.6) is 11.5 Å². The number of halogens is 4. The van der Waals surface area contributed by atoms with Crippen molar-refractivity contribution >= 4 is 45.3 Å². The van der Waals surface area contributed by atoms with Gasteiger partial charge in [-0.2, -0.15) is 23.3 Å². The fourth-order valence-corrected chi connectivity index (χ4v) is 3.59. The number of benzene rings is 2. The average Bonchev–Trinajstić information content (AvgIpc) is 3.06. The number of carbonyl (C=O) groups excluding carboxylic acids is 1. The first-order valence-corrected chi connectivity index (χ1v) is 10.3. The summed E-state index contributed by atoms with van der Waals surface area (Å²) < 4.78 is 52.5. The molecule has 3 rings (SSSR count). The van der Waals surface area contributed by atoms with Crippen molar-refractivity contribution in [3.05, 3.63) is 57.6 Å². The Kier molecular flexibility index (Phi) is 6.82. The maximum absolute atomic E-state index is 13.7. The SMILES string of the molecule is COc1cc(/C=C2\C(=O)N(c3cccc(C(=O)O)c3)N=C2C(F)(F)F)cc(Br)c1OC(C)C. The predicted molar refractivity (Wildman–Crippen MR) is 119 cm³/mol. The number of hydrogen-bond donors (Lipinski definition) is 1. The number of rotatable bonds is 6. The van der Waals surface area contributed by atoms with E-state index in [0.717, 1.165) is 12.1 Å². The Hall–Kier alpha value is -3.34. The summed E-state index contributed by atoms with van der Waals surface area (Å²) >= 11 is 3.32. The summed E-state index contributed by atoms with van der Waals surface area (Å²) in [5, 5.41) is 13.1. The van der Waals surface area contributed by atoms with Gasteiger partial charge in [0.2, 0.25) is 0 Å². The van der Waals surface area contributed by atoms with Gasteiger partial charge in [0, 0.05) is 0 Å². The molecule has 1 heterocycles. The molecule has 1 amide bonds. The van der Waals surface area contributed by atoms with Crippen LogP contribution >= 0.6 is 15.9 Å². The minimum Gasteiger partial charge on any atom is -0.493 e. The molecular formula is C22H18BrF3N2O5. The summed E-state index contributed by atoms with van der Waals surface area (Å²) in [6, 6.07) is 7.85. The minimum atomic E-state index is -4.93. The molecule has 0 saturated carbocycles. The molecule has 7 nitrogen and oxygen atoms in total. The normalized spacial score (nSPS) is 15.3. The van der Waals surface area contributed by atoms with Gasteiger partial charge in [0.15, 0.2) is 17.2 Å². The van der Waals surface area contributed by atoms with Crippen molar-refractivity contribution < 1.29 is 37.3 Å². The van der Waals surface area contributed by atoms with E-state index in [1.807, 2.05) is 0 Å². The van der Waals surface area contributed by atoms with Crippen molar-refractivity contribution in [3.8, 4) is 11.5 Å². The second-order valence-electron chi connectivity index (χ2n) is 7.18. The molecular weight excluding hydrogens is 509 g/mol. The van der Waals surface area contributed by atoms with Crippen LogP contribution in [0, 0.1) is 0 Å². The predicted octanol–water partition coefficient (Wildman–Crippen LogP) is 5.29. The van der Waals surface area contributed by atoms with Crippen molar-refractivity contribution in [1.29, 1.82) is 0 Å². The van der Waals surface area contributed by atoms with Crippen molar-refractivity contribution in [2.75, 3.05) is 12.1 Å². The molecule has 0 bridgehead atoms. The highest BCUT2D eigenvalue weighted by atomic mass is 79.9. The van der Waals surface area contributed by atoms with Gasteiger partial charge in [-0.15, -0.1) is 0 Å². The largest absolute Gasteiger partial charge is 0.493 e. The van der Waals surface area contributed by atoms with Gasteiger partial charge in [0.1, 0.15) is 0 Å². The molecule has 0 atom stereocenters. The van der Waals surface area contributed by atoms with E-state index in [1.54, 1.807) is 13.8 Å². The van der Waals surface area contributed by atoms with E-state index in [0.29, 0.717) is 15.2 Å². The second kappa shape index (κ2) is 9.26. The number of aromatic carboxylic acids is 1. The highest BCUT2D eigenvalue weighted by Gasteiger charge is 2.47. The van der Waals surface area contributed by atoms with Gasteiger partial charge < -0.3 is 14.6 Å². The lowest BCUT2D eigenvalue weighted by atomic mass is 10.1. The molecule has 1 aliphatic rings. The molecule has 33 heavy (non-hydrogen) atoms. The Morgan fingerprint density at radius 3 is 2.52 bits per heavy atom. The highest BCUT2D eigenvalue weighted by Crippen LogP contribution is 2.39. The minimum absolute atomic E-state index is 0.107. The fraction of sp³-hybridized carbons (Fsp3) is 0.227. The zero-order valence-corrected chi connectivity index (χ0v) is 19.2. The van der Waals surface area contributed by atoms with E-state index < -0.39 is 29.3 Å². The molecule has 2 aromatic rings. The Balaban J connectivity index is 2.10. The van der Waals surface area contributed by atoms with E-state index in [9.17, 15) is 22.8 Å². The second-order valence-corrected chi connectivity index (χ2v) is 8.03. The fourth-order valence-electron chi connectivity index (χ4n) is 3.04. The van der Waals surface area contributed by atoms with Crippen LogP contribution in [0.4, 0.5) is 18.9 Å². The third-order valence-corrected chi connectivity index (χ3v) is 4.99. The third kappa shape index (κ3) is 5.19. The number of methoxy groups -OCH3 is 1. The van der Waals surface area contributed by atoms with Gasteiger partial charge in [-0.25, -0.2) is 4.79 Å². The number of carboxylic acid groups (broad SMARTS) is 1. The monoisotopic (exact) mass is 526 g/mol. The molecule has 11 heteroatoms. The summed E-state index contributed by atoms with van der Waals surface area (Å²) in [5.41, 5.74) is -2.17. The van der Waals surface area contributed by atoms with Crippen LogP contribution in [0.3, 0.4) is 0 Å². The summed E-state index contributed by atoms with van der Waals surface area (Å²) in [5.74, 6) is -1.72. The molecule has 1 aliphatic heterocycles. The first kappa shape index (κ1) is 24.3. The quantitative estimate of drug-likeness (QED) is 0.516. The van der Waals surface area contributed by atoms with Crippen molar-refractivity contribution in [3.63, 3.8) is 0 Å². The first-order chi connectivity index (χ1) is 15.4. The molecule has 0 spiro atoms. The number of ether oxygens (including phenoxy) is 2. The van der Waals surface area contributed by atoms with E-state index >= 15 is 0 Å². The number of carboxylic acids is 1. The number of anilines is 1. The zero-order chi connectivity index (χ0) is 24.5. The smallest absolute Gasteiger partial charge is 0.435 e. The van der Waals surface area contributed by atoms with Crippen molar-refractivity contribution in [2.45, 2.75) is 26.1 Å². The molecule has 0 fully saturated rings. The lowest BCUT2D eigenvalue weighted by Gasteiger charge is -2.16. The number of hydrogen-bond acceptors (Lipinski definition) is 5. The molecule has 174 valence electrons. The summed E-state index contributed by atoms with van der Waals surface area (Å²) in [4.78, 5) is 24.1. The van der Waals surface area contributed by atoms with E-state index in [4.69, 9.17) is 14.6 Å². The van der Waals surface area contributed by atoms with E-state index in [-0.39, 0.29) is 28.7 Å². The maximum Gasteiger partial charge on any atom is 0.435 e. The Morgan fingerprint density at radius 2 is 1.94 bits per heavy atom. The van der Waals surface area contributed by atoms with Crippen molar-refractivity contribution in [1.82, 2.24) is 0 Å². The first-order valence-electron chi connectivity index (χ1n) is 9.52. The van der Waals surface area contributed by atoms with Crippen LogP contribution in [0.25, 0.3) is 6.08 Å². The number of nitrogens with zero attached hydrogens (tertiary/aromatic N) is 2. The molecule has 0 aliphatic carbocycles. The molecule has 1 N–H and O–H groups in total. The van der Waals surface area contributed by atoms with Crippen LogP contribution in [0.15, 0.2) is 51.5 Å². The number of carbonyl (C=O) groups is 2. The lowest BCUT2D eigenvalue weighted by Crippen LogP contribution is -2.25. The lowest BCUT2D eigenvalue weighted by molar-refractivity contribution is -0.114. The molecule has 0 radical (unpaired) electrons. The maximum atomic E-state index is 13.7. The van der Waals surface area contributed by atoms with Gasteiger partial charge in [0.25, 0.3) is 5.91 Å². The van der Waals surface area contributed by atoms with Gasteiger partial charge in [-0.3, -0.25) is 4.79 Å². The van der Waals surface area contributed by atoms with Gasteiger partial charge in [-0.1, -0.05) is 6.07 Å². The third-order valence-electron chi connectivity index (χ3n) is 4.40. The van der Waals surface area contributed by atoms with Crippen LogP contribution in [-0.2, 0) is 4.79 Å². The number of alkyl halides is 3. The molecule has 0 unspecified atom stereocenters. The summed E-state index contributed by atoms with van der Waals surface area (Å²) in [7, 11) is 1.38. The zero-order valence-electron chi connectivity index (χ0n) is 17.6. The van der Waals surface area contributed by atoms with Crippen LogP contribution < -0.4 is 14.5 Å². The average molecular weight is 527 g/mol. The van der Waals surface area contributed by atoms with Crippen LogP contribution in [0.1, 0.15) is 29.8 Å². The molecule has 0 saturated heterocycles. The summed E-state index contributed by atoms with van der Waals surface area (Å²) in [6.45, 7) is 3.61. The highest BCUT2D eigenvalue weighted by molar-refractivity contribution is 9.10. The van der Waals surface area contributed by atoms with Gasteiger partial charge in [-0.05, 0) is 71.7 Å². The summed E-state index contributed by atoms with van der Waals surface area (Å²) in [6.07, 6.45) is -4.07. The Morgan fingerprint density at radius 1 is 1.24 bits per heavy atom. The van der Waals surface area contributed by atoms with E-state index in [2.05, 4.69) is 21.0 Å². The van der Waals surface area contributed by atoms with Gasteiger partial charge in [0.05, 0.1) is 34.5 Å². The standard InChI is InChI=1S/C22H18BrF3N2O5/c1-11(2)33-18-16(23)8-12(9-17(18)32-3)7-15-19(22(24,25)26)27-28(20(15)29)14-6-4-5-13(10-14)21(30)31/h4-11H,1-3H3,(H,30,31)/b15-7-.